The van der Waals surface area contributed by atoms with Crippen LogP contribution in [0, 0.1) is 5.92 Å². The van der Waals surface area contributed by atoms with E-state index in [1.54, 1.807) is 6.20 Å². The summed E-state index contributed by atoms with van der Waals surface area (Å²) in [5.41, 5.74) is 1.40. The monoisotopic (exact) mass is 527 g/mol. The first-order chi connectivity index (χ1) is 18.0. The number of hydrogen-bond donors (Lipinski definition) is 1. The number of nitrogens with zero attached hydrogens (tertiary/aromatic N) is 6. The number of carbonyl (C=O) groups is 2. The minimum atomic E-state index is -0.0965. The van der Waals surface area contributed by atoms with Crippen LogP contribution >= 0.6 is 11.8 Å². The average molecular weight is 528 g/mol. The van der Waals surface area contributed by atoms with Gasteiger partial charge in [0.25, 0.3) is 5.91 Å². The fraction of sp³-hybridized carbons (Fsp3) is 0.538. The molecule has 0 saturated carbocycles. The number of rotatable bonds is 9. The van der Waals surface area contributed by atoms with E-state index >= 15 is 0 Å². The molecule has 4 rings (SSSR count). The van der Waals surface area contributed by atoms with E-state index in [4.69, 9.17) is 9.72 Å². The van der Waals surface area contributed by atoms with E-state index in [0.29, 0.717) is 88.0 Å². The zero-order valence-electron chi connectivity index (χ0n) is 21.9. The Morgan fingerprint density at radius 2 is 1.78 bits per heavy atom. The van der Waals surface area contributed by atoms with Gasteiger partial charge in [0.05, 0.1) is 25.4 Å². The van der Waals surface area contributed by atoms with Gasteiger partial charge in [0.2, 0.25) is 5.91 Å². The normalized spacial score (nSPS) is 17.1. The van der Waals surface area contributed by atoms with Gasteiger partial charge in [-0.05, 0) is 24.3 Å². The number of piperazine rings is 1. The van der Waals surface area contributed by atoms with Gasteiger partial charge in [-0.3, -0.25) is 19.5 Å². The molecule has 11 heteroatoms. The number of morpholine rings is 1. The van der Waals surface area contributed by atoms with Crippen LogP contribution in [0.5, 0.6) is 0 Å². The molecule has 0 atom stereocenters. The molecule has 1 aromatic heterocycles. The third-order valence-electron chi connectivity index (χ3n) is 6.37. The number of hydrogen-bond acceptors (Lipinski definition) is 9. The van der Waals surface area contributed by atoms with Crippen molar-refractivity contribution in [2.75, 3.05) is 76.8 Å². The maximum absolute atomic E-state index is 13.8. The first kappa shape index (κ1) is 27.3. The van der Waals surface area contributed by atoms with E-state index in [9.17, 15) is 9.59 Å². The van der Waals surface area contributed by atoms with E-state index in [1.807, 2.05) is 46.5 Å². The Balaban J connectivity index is 1.54. The van der Waals surface area contributed by atoms with E-state index in [0.717, 1.165) is 5.69 Å². The zero-order valence-corrected chi connectivity index (χ0v) is 22.7. The molecular formula is C26H37N7O3S. The fourth-order valence-corrected chi connectivity index (χ4v) is 4.70. The van der Waals surface area contributed by atoms with Crippen LogP contribution in [0.25, 0.3) is 0 Å². The second-order valence-electron chi connectivity index (χ2n) is 9.57. The molecule has 2 aliphatic rings. The predicted molar refractivity (Wildman–Crippen MR) is 145 cm³/mol. The number of ether oxygens (including phenoxy) is 1. The van der Waals surface area contributed by atoms with Gasteiger partial charge in [-0.25, -0.2) is 15.0 Å². The van der Waals surface area contributed by atoms with Crippen molar-refractivity contribution in [3.05, 3.63) is 42.1 Å². The van der Waals surface area contributed by atoms with Crippen LogP contribution in [0.3, 0.4) is 0 Å². The minimum Gasteiger partial charge on any atom is -0.379 e. The maximum Gasteiger partial charge on any atom is 0.259 e. The quantitative estimate of drug-likeness (QED) is 0.389. The van der Waals surface area contributed by atoms with Gasteiger partial charge < -0.3 is 15.0 Å². The lowest BCUT2D eigenvalue weighted by Crippen LogP contribution is -2.52. The number of benzene rings is 1. The summed E-state index contributed by atoms with van der Waals surface area (Å²) in [5.74, 6) is 0.926. The molecule has 37 heavy (non-hydrogen) atoms. The van der Waals surface area contributed by atoms with Gasteiger partial charge in [-0.15, -0.1) is 0 Å². The topological polar surface area (TPSA) is 94.1 Å². The first-order valence-electron chi connectivity index (χ1n) is 12.8. The molecule has 0 radical (unpaired) electrons. The van der Waals surface area contributed by atoms with Gasteiger partial charge in [0.15, 0.2) is 11.0 Å². The Bertz CT molecular complexity index is 1040. The van der Waals surface area contributed by atoms with E-state index in [-0.39, 0.29) is 11.8 Å². The highest BCUT2D eigenvalue weighted by molar-refractivity contribution is 7.98. The summed E-state index contributed by atoms with van der Waals surface area (Å²) < 4.78 is 5.59. The summed E-state index contributed by atoms with van der Waals surface area (Å²) in [6, 6.07) is 9.99. The summed E-state index contributed by atoms with van der Waals surface area (Å²) in [4.78, 5) is 39.3. The molecule has 2 aliphatic heterocycles. The van der Waals surface area contributed by atoms with Crippen LogP contribution in [0.4, 0.5) is 11.5 Å². The van der Waals surface area contributed by atoms with Crippen LogP contribution in [-0.2, 0) is 9.53 Å². The maximum atomic E-state index is 13.8. The summed E-state index contributed by atoms with van der Waals surface area (Å²) >= 11 is 1.45. The number of thioether (sulfide) groups is 1. The number of nitrogens with one attached hydrogen (secondary N) is 1. The van der Waals surface area contributed by atoms with Crippen molar-refractivity contribution in [1.82, 2.24) is 30.1 Å². The molecule has 2 fully saturated rings. The third kappa shape index (κ3) is 7.19. The highest BCUT2D eigenvalue weighted by Gasteiger charge is 2.31. The molecule has 2 amide bonds. The Morgan fingerprint density at radius 1 is 1.08 bits per heavy atom. The minimum absolute atomic E-state index is 0.0285. The smallest absolute Gasteiger partial charge is 0.259 e. The molecule has 2 saturated heterocycles. The highest BCUT2D eigenvalue weighted by atomic mass is 32.2. The Morgan fingerprint density at radius 3 is 2.43 bits per heavy atom. The molecule has 0 bridgehead atoms. The Hall–Kier alpha value is -2.73. The van der Waals surface area contributed by atoms with Gasteiger partial charge >= 0.3 is 0 Å². The number of carbonyl (C=O) groups excluding carboxylic acids is 2. The van der Waals surface area contributed by atoms with Gasteiger partial charge in [-0.1, -0.05) is 43.8 Å². The van der Waals surface area contributed by atoms with Crippen molar-refractivity contribution in [2.45, 2.75) is 19.0 Å². The second-order valence-corrected chi connectivity index (χ2v) is 10.3. The van der Waals surface area contributed by atoms with E-state index in [2.05, 4.69) is 34.1 Å². The number of anilines is 2. The lowest BCUT2D eigenvalue weighted by molar-refractivity contribution is -0.122. The second kappa shape index (κ2) is 13.2. The number of aromatic nitrogens is 2. The van der Waals surface area contributed by atoms with Crippen LogP contribution in [0.2, 0.25) is 0 Å². The SMILES string of the molecule is CSc1ncc(C(=O)N2CCN(CC(=O)NCC(C)C)CC2)c(N(c2ccccc2)N2CCOCC2)n1. The molecule has 0 unspecified atom stereocenters. The molecule has 3 heterocycles. The Labute approximate surface area is 223 Å². The summed E-state index contributed by atoms with van der Waals surface area (Å²) in [6.45, 7) is 10.2. The summed E-state index contributed by atoms with van der Waals surface area (Å²) in [6.07, 6.45) is 3.58. The van der Waals surface area contributed by atoms with Crippen molar-refractivity contribution >= 4 is 35.1 Å². The molecular weight excluding hydrogens is 490 g/mol. The van der Waals surface area contributed by atoms with E-state index in [1.165, 1.54) is 11.8 Å². The predicted octanol–water partition coefficient (Wildman–Crippen LogP) is 2.11. The Kier molecular flexibility index (Phi) is 9.73. The van der Waals surface area contributed by atoms with Crippen molar-refractivity contribution in [3.63, 3.8) is 0 Å². The summed E-state index contributed by atoms with van der Waals surface area (Å²) in [5, 5.41) is 7.79. The fourth-order valence-electron chi connectivity index (χ4n) is 4.37. The standard InChI is InChI=1S/C26H37N7O3S/c1-20(2)17-27-23(34)19-30-9-11-31(12-10-30)25(35)22-18-28-26(37-3)29-24(22)33(21-7-5-4-6-8-21)32-13-15-36-16-14-32/h4-8,18,20H,9-17,19H2,1-3H3,(H,27,34). The van der Waals surface area contributed by atoms with Gasteiger partial charge in [0, 0.05) is 52.0 Å². The number of hydrazine groups is 1. The van der Waals surface area contributed by atoms with Crippen LogP contribution in [-0.4, -0.2) is 108 Å². The summed E-state index contributed by atoms with van der Waals surface area (Å²) in [7, 11) is 0. The highest BCUT2D eigenvalue weighted by Crippen LogP contribution is 2.31. The zero-order chi connectivity index (χ0) is 26.2. The average Bonchev–Trinajstić information content (AvgIpc) is 2.93. The van der Waals surface area contributed by atoms with Crippen LogP contribution in [0.1, 0.15) is 24.2 Å². The number of amides is 2. The molecule has 1 N–H and O–H groups in total. The third-order valence-corrected chi connectivity index (χ3v) is 6.93. The van der Waals surface area contributed by atoms with Crippen molar-refractivity contribution in [2.24, 2.45) is 5.92 Å². The molecule has 2 aromatic rings. The van der Waals surface area contributed by atoms with Gasteiger partial charge in [-0.2, -0.15) is 0 Å². The molecule has 10 nitrogen and oxygen atoms in total. The molecule has 1 aromatic carbocycles. The lowest BCUT2D eigenvalue weighted by Gasteiger charge is -2.39. The van der Waals surface area contributed by atoms with Crippen molar-refractivity contribution in [3.8, 4) is 0 Å². The molecule has 200 valence electrons. The van der Waals surface area contributed by atoms with Crippen LogP contribution < -0.4 is 10.3 Å². The first-order valence-corrected chi connectivity index (χ1v) is 14.1. The lowest BCUT2D eigenvalue weighted by atomic mass is 10.2. The van der Waals surface area contributed by atoms with Crippen molar-refractivity contribution in [1.29, 1.82) is 0 Å². The van der Waals surface area contributed by atoms with Gasteiger partial charge in [0.1, 0.15) is 5.56 Å². The van der Waals surface area contributed by atoms with Crippen molar-refractivity contribution < 1.29 is 14.3 Å². The molecule has 0 spiro atoms. The van der Waals surface area contributed by atoms with E-state index < -0.39 is 0 Å². The van der Waals surface area contributed by atoms with Crippen LogP contribution in [0.15, 0.2) is 41.7 Å². The largest absolute Gasteiger partial charge is 0.379 e. The molecule has 0 aliphatic carbocycles. The number of para-hydroxylation sites is 1.